The highest BCUT2D eigenvalue weighted by molar-refractivity contribution is 5.96. The molecule has 3 rings (SSSR count). The van der Waals surface area contributed by atoms with Crippen molar-refractivity contribution in [3.05, 3.63) is 41.5 Å². The van der Waals surface area contributed by atoms with Gasteiger partial charge in [0.25, 0.3) is 0 Å². The number of phenols is 1. The Kier molecular flexibility index (Phi) is 6.02. The largest absolute Gasteiger partial charge is 0.508 e. The van der Waals surface area contributed by atoms with Crippen LogP contribution in [0.2, 0.25) is 0 Å². The Morgan fingerprint density at radius 3 is 2.32 bits per heavy atom. The molecule has 168 valence electrons. The lowest BCUT2D eigenvalue weighted by molar-refractivity contribution is -0.154. The summed E-state index contributed by atoms with van der Waals surface area (Å²) in [5, 5.41) is 21.2. The summed E-state index contributed by atoms with van der Waals surface area (Å²) in [6.07, 6.45) is 0.227. The lowest BCUT2D eigenvalue weighted by Gasteiger charge is -2.42. The second kappa shape index (κ2) is 8.11. The number of ketones is 1. The molecule has 2 N–H and O–H groups in total. The van der Waals surface area contributed by atoms with Crippen LogP contribution in [-0.2, 0) is 19.1 Å². The fraction of sp³-hybridized carbons (Fsp3) is 0.542. The molecule has 7 heteroatoms. The summed E-state index contributed by atoms with van der Waals surface area (Å²) < 4.78 is 11.4. The molecule has 1 fully saturated rings. The van der Waals surface area contributed by atoms with E-state index in [1.54, 1.807) is 13.0 Å². The fourth-order valence-corrected chi connectivity index (χ4v) is 5.10. The van der Waals surface area contributed by atoms with Gasteiger partial charge in [-0.3, -0.25) is 9.59 Å². The van der Waals surface area contributed by atoms with Crippen molar-refractivity contribution < 1.29 is 34.1 Å². The molecule has 7 nitrogen and oxygen atoms in total. The van der Waals surface area contributed by atoms with Crippen LogP contribution in [0.5, 0.6) is 5.75 Å². The number of phenolic OH excluding ortho intramolecular Hbond substituents is 1. The van der Waals surface area contributed by atoms with E-state index in [4.69, 9.17) is 9.47 Å². The normalized spacial score (nSPS) is 32.8. The van der Waals surface area contributed by atoms with Crippen LogP contribution in [0, 0.1) is 17.3 Å². The van der Waals surface area contributed by atoms with Crippen molar-refractivity contribution in [2.75, 3.05) is 0 Å². The van der Waals surface area contributed by atoms with E-state index in [1.807, 2.05) is 20.8 Å². The van der Waals surface area contributed by atoms with Crippen LogP contribution in [0.15, 0.2) is 35.9 Å². The minimum Gasteiger partial charge on any atom is -0.508 e. The molecule has 0 aliphatic heterocycles. The fourth-order valence-electron chi connectivity index (χ4n) is 5.10. The number of carbonyl (C=O) groups is 3. The zero-order chi connectivity index (χ0) is 23.1. The second-order valence-corrected chi connectivity index (χ2v) is 9.30. The first-order chi connectivity index (χ1) is 14.4. The molecule has 1 saturated carbocycles. The number of fused-ring (bicyclic) bond motifs is 1. The van der Waals surface area contributed by atoms with Gasteiger partial charge in [-0.25, -0.2) is 4.79 Å². The van der Waals surface area contributed by atoms with E-state index in [0.29, 0.717) is 5.57 Å². The van der Waals surface area contributed by atoms with Gasteiger partial charge in [0.1, 0.15) is 18.0 Å². The van der Waals surface area contributed by atoms with Crippen LogP contribution in [-0.4, -0.2) is 45.7 Å². The molecule has 2 aliphatic carbocycles. The molecule has 31 heavy (non-hydrogen) atoms. The zero-order valence-corrected chi connectivity index (χ0v) is 18.5. The average molecular weight is 430 g/mol. The number of benzene rings is 1. The summed E-state index contributed by atoms with van der Waals surface area (Å²) in [7, 11) is 0. The first kappa shape index (κ1) is 23.0. The number of aromatic hydroxyl groups is 1. The van der Waals surface area contributed by atoms with Gasteiger partial charge in [0.2, 0.25) is 0 Å². The van der Waals surface area contributed by atoms with Gasteiger partial charge in [0.05, 0.1) is 11.2 Å². The van der Waals surface area contributed by atoms with Gasteiger partial charge in [-0.1, -0.05) is 20.8 Å². The Bertz CT molecular complexity index is 916. The van der Waals surface area contributed by atoms with Crippen molar-refractivity contribution >= 4 is 17.7 Å². The lowest BCUT2D eigenvalue weighted by atomic mass is 9.67. The van der Waals surface area contributed by atoms with Gasteiger partial charge in [-0.15, -0.1) is 0 Å². The summed E-state index contributed by atoms with van der Waals surface area (Å²) >= 11 is 0. The monoisotopic (exact) mass is 430 g/mol. The standard InChI is InChI=1S/C24H30O7/c1-13(2)24(29)12-20(30-15(4)25)23(5)11-18(27)14(3)10-19(21(23)24)31-22(28)16-6-8-17(26)9-7-16/h6-10,13,19-21,26,29H,11-12H2,1-5H3/t19-,20-,21-,23-,24-/m1/s1. The van der Waals surface area contributed by atoms with E-state index in [9.17, 15) is 24.6 Å². The Hall–Kier alpha value is -2.67. The van der Waals surface area contributed by atoms with Crippen LogP contribution in [0.25, 0.3) is 0 Å². The summed E-state index contributed by atoms with van der Waals surface area (Å²) in [6.45, 7) is 8.49. The maximum absolute atomic E-state index is 12.9. The van der Waals surface area contributed by atoms with Gasteiger partial charge >= 0.3 is 11.9 Å². The first-order valence-corrected chi connectivity index (χ1v) is 10.5. The van der Waals surface area contributed by atoms with Crippen molar-refractivity contribution in [2.24, 2.45) is 17.3 Å². The van der Waals surface area contributed by atoms with Crippen molar-refractivity contribution in [2.45, 2.75) is 65.3 Å². The molecule has 0 spiro atoms. The lowest BCUT2D eigenvalue weighted by Crippen LogP contribution is -2.50. The highest BCUT2D eigenvalue weighted by Gasteiger charge is 2.66. The Labute approximate surface area is 182 Å². The molecule has 2 aliphatic rings. The highest BCUT2D eigenvalue weighted by Crippen LogP contribution is 2.58. The number of allylic oxidation sites excluding steroid dienone is 1. The Morgan fingerprint density at radius 1 is 1.16 bits per heavy atom. The molecule has 0 heterocycles. The highest BCUT2D eigenvalue weighted by atomic mass is 16.6. The second-order valence-electron chi connectivity index (χ2n) is 9.30. The minimum atomic E-state index is -1.32. The van der Waals surface area contributed by atoms with Crippen LogP contribution in [0.1, 0.15) is 57.8 Å². The summed E-state index contributed by atoms with van der Waals surface area (Å²) in [4.78, 5) is 37.5. The number of carbonyl (C=O) groups excluding carboxylic acids is 3. The van der Waals surface area contributed by atoms with Gasteiger partial charge < -0.3 is 19.7 Å². The Balaban J connectivity index is 2.07. The van der Waals surface area contributed by atoms with E-state index in [-0.39, 0.29) is 35.9 Å². The first-order valence-electron chi connectivity index (χ1n) is 10.5. The van der Waals surface area contributed by atoms with E-state index in [2.05, 4.69) is 0 Å². The van der Waals surface area contributed by atoms with Gasteiger partial charge in [0.15, 0.2) is 5.78 Å². The molecule has 0 amide bonds. The molecule has 0 radical (unpaired) electrons. The molecule has 0 bridgehead atoms. The maximum Gasteiger partial charge on any atom is 0.338 e. The molecule has 1 aromatic rings. The number of esters is 2. The number of ether oxygens (including phenoxy) is 2. The van der Waals surface area contributed by atoms with Crippen molar-refractivity contribution in [3.8, 4) is 5.75 Å². The van der Waals surface area contributed by atoms with Gasteiger partial charge in [-0.2, -0.15) is 0 Å². The van der Waals surface area contributed by atoms with E-state index < -0.39 is 41.1 Å². The topological polar surface area (TPSA) is 110 Å². The van der Waals surface area contributed by atoms with Crippen molar-refractivity contribution in [1.82, 2.24) is 0 Å². The predicted molar refractivity (Wildman–Crippen MR) is 112 cm³/mol. The summed E-state index contributed by atoms with van der Waals surface area (Å²) in [6, 6.07) is 5.66. The average Bonchev–Trinajstić information content (AvgIpc) is 2.82. The zero-order valence-electron chi connectivity index (χ0n) is 18.5. The summed E-state index contributed by atoms with van der Waals surface area (Å²) in [5.41, 5.74) is -1.57. The third kappa shape index (κ3) is 4.11. The quantitative estimate of drug-likeness (QED) is 0.706. The van der Waals surface area contributed by atoms with E-state index in [0.717, 1.165) is 0 Å². The van der Waals surface area contributed by atoms with Gasteiger partial charge in [-0.05, 0) is 48.8 Å². The van der Waals surface area contributed by atoms with Crippen LogP contribution in [0.4, 0.5) is 0 Å². The van der Waals surface area contributed by atoms with E-state index >= 15 is 0 Å². The molecular weight excluding hydrogens is 400 g/mol. The van der Waals surface area contributed by atoms with Crippen LogP contribution >= 0.6 is 0 Å². The van der Waals surface area contributed by atoms with Gasteiger partial charge in [0, 0.05) is 31.1 Å². The van der Waals surface area contributed by atoms with Crippen LogP contribution in [0.3, 0.4) is 0 Å². The third-order valence-corrected chi connectivity index (χ3v) is 6.88. The number of aliphatic hydroxyl groups is 1. The molecule has 5 atom stereocenters. The SMILES string of the molecule is CC(=O)O[C@@H]1C[C@@](O)(C(C)C)[C@@H]2[C@H](OC(=O)c3ccc(O)cc3)C=C(C)C(=O)C[C@@]21C. The molecule has 0 aromatic heterocycles. The van der Waals surface area contributed by atoms with Crippen molar-refractivity contribution in [3.63, 3.8) is 0 Å². The Morgan fingerprint density at radius 2 is 1.77 bits per heavy atom. The molecule has 0 unspecified atom stereocenters. The smallest absolute Gasteiger partial charge is 0.338 e. The van der Waals surface area contributed by atoms with Crippen molar-refractivity contribution in [1.29, 1.82) is 0 Å². The third-order valence-electron chi connectivity index (χ3n) is 6.88. The predicted octanol–water partition coefficient (Wildman–Crippen LogP) is 3.18. The molecule has 1 aromatic carbocycles. The maximum atomic E-state index is 12.9. The number of Topliss-reactive ketones (excluding diaryl/α,β-unsaturated/α-hetero) is 1. The number of hydrogen-bond acceptors (Lipinski definition) is 7. The molecule has 0 saturated heterocycles. The van der Waals surface area contributed by atoms with Crippen LogP contribution < -0.4 is 0 Å². The van der Waals surface area contributed by atoms with E-state index in [1.165, 1.54) is 31.2 Å². The molecular formula is C24H30O7. The number of hydrogen-bond donors (Lipinski definition) is 2. The number of rotatable bonds is 4. The minimum absolute atomic E-state index is 0.0223. The summed E-state index contributed by atoms with van der Waals surface area (Å²) in [5.74, 6) is -2.14.